The molecule has 0 saturated carbocycles. The van der Waals surface area contributed by atoms with E-state index in [2.05, 4.69) is 10.6 Å². The third-order valence-electron chi connectivity index (χ3n) is 1.98. The first-order valence-electron chi connectivity index (χ1n) is 6.83. The maximum absolute atomic E-state index is 11.4. The molecule has 1 atom stereocenters. The molecular weight excluding hydrogens is 276 g/mol. The van der Waals surface area contributed by atoms with E-state index in [9.17, 15) is 14.4 Å². The molecule has 1 unspecified atom stereocenters. The van der Waals surface area contributed by atoms with Crippen LogP contribution in [0.3, 0.4) is 0 Å². The molecule has 7 nitrogen and oxygen atoms in total. The van der Waals surface area contributed by atoms with Crippen molar-refractivity contribution in [3.8, 4) is 0 Å². The Kier molecular flexibility index (Phi) is 8.84. The third-order valence-corrected chi connectivity index (χ3v) is 1.98. The highest BCUT2D eigenvalue weighted by Gasteiger charge is 2.10. The molecule has 0 aromatic heterocycles. The van der Waals surface area contributed by atoms with Crippen molar-refractivity contribution >= 4 is 18.0 Å². The zero-order valence-corrected chi connectivity index (χ0v) is 13.1. The van der Waals surface area contributed by atoms with Gasteiger partial charge >= 0.3 is 18.0 Å². The molecule has 0 aromatic rings. The van der Waals surface area contributed by atoms with Gasteiger partial charge < -0.3 is 20.1 Å². The number of urea groups is 1. The standard InChI is InChI=1S/C14H24N2O5/c1-9(2)15-14(19)16-11(5)8-20-12(17)6-7-13(18)21-10(3)4/h6-7,9-11H,8H2,1-5H3,(H2,15,16,19). The lowest BCUT2D eigenvalue weighted by atomic mass is 10.3. The Labute approximate surface area is 125 Å². The lowest BCUT2D eigenvalue weighted by Crippen LogP contribution is -2.45. The zero-order chi connectivity index (χ0) is 16.4. The minimum absolute atomic E-state index is 0.00785. The van der Waals surface area contributed by atoms with Crippen LogP contribution in [0.1, 0.15) is 34.6 Å². The van der Waals surface area contributed by atoms with Gasteiger partial charge in [-0.3, -0.25) is 0 Å². The predicted octanol–water partition coefficient (Wildman–Crippen LogP) is 1.13. The Balaban J connectivity index is 3.99. The molecule has 0 aliphatic rings. The summed E-state index contributed by atoms with van der Waals surface area (Å²) in [7, 11) is 0. The molecule has 2 N–H and O–H groups in total. The molecule has 120 valence electrons. The molecule has 0 rings (SSSR count). The van der Waals surface area contributed by atoms with Gasteiger partial charge in [-0.25, -0.2) is 14.4 Å². The SMILES string of the molecule is CC(C)NC(=O)NC(C)COC(=O)C=CC(=O)OC(C)C. The van der Waals surface area contributed by atoms with Gasteiger partial charge in [0.1, 0.15) is 6.61 Å². The van der Waals surface area contributed by atoms with E-state index >= 15 is 0 Å². The van der Waals surface area contributed by atoms with Crippen LogP contribution in [0.15, 0.2) is 12.2 Å². The van der Waals surface area contributed by atoms with Crippen molar-refractivity contribution in [1.82, 2.24) is 10.6 Å². The molecule has 7 heteroatoms. The van der Waals surface area contributed by atoms with Gasteiger partial charge in [-0.05, 0) is 34.6 Å². The van der Waals surface area contributed by atoms with Crippen LogP contribution in [0.4, 0.5) is 4.79 Å². The molecule has 0 heterocycles. The van der Waals surface area contributed by atoms with Crippen molar-refractivity contribution in [2.75, 3.05) is 6.61 Å². The number of nitrogens with one attached hydrogen (secondary N) is 2. The van der Waals surface area contributed by atoms with Crippen LogP contribution >= 0.6 is 0 Å². The van der Waals surface area contributed by atoms with Crippen LogP contribution in [0.25, 0.3) is 0 Å². The number of hydrogen-bond donors (Lipinski definition) is 2. The molecule has 0 radical (unpaired) electrons. The minimum Gasteiger partial charge on any atom is -0.460 e. The number of rotatable bonds is 7. The number of amides is 2. The summed E-state index contributed by atoms with van der Waals surface area (Å²) in [5.41, 5.74) is 0. The molecule has 0 aromatic carbocycles. The van der Waals surface area contributed by atoms with E-state index < -0.39 is 11.9 Å². The Hall–Kier alpha value is -2.05. The monoisotopic (exact) mass is 300 g/mol. The quantitative estimate of drug-likeness (QED) is 0.543. The topological polar surface area (TPSA) is 93.7 Å². The van der Waals surface area contributed by atoms with Gasteiger partial charge in [-0.1, -0.05) is 0 Å². The van der Waals surface area contributed by atoms with Crippen molar-refractivity contribution in [2.45, 2.75) is 52.8 Å². The Morgan fingerprint density at radius 3 is 2.05 bits per heavy atom. The summed E-state index contributed by atoms with van der Waals surface area (Å²) in [5, 5.41) is 5.27. The fraction of sp³-hybridized carbons (Fsp3) is 0.643. The Bertz CT molecular complexity index is 391. The maximum Gasteiger partial charge on any atom is 0.331 e. The second-order valence-corrected chi connectivity index (χ2v) is 5.12. The van der Waals surface area contributed by atoms with Crippen molar-refractivity contribution in [3.05, 3.63) is 12.2 Å². The Morgan fingerprint density at radius 2 is 1.52 bits per heavy atom. The first-order valence-corrected chi connectivity index (χ1v) is 6.83. The smallest absolute Gasteiger partial charge is 0.331 e. The van der Waals surface area contributed by atoms with E-state index in [-0.39, 0.29) is 30.8 Å². The lowest BCUT2D eigenvalue weighted by molar-refractivity contribution is -0.143. The van der Waals surface area contributed by atoms with Gasteiger partial charge in [0.05, 0.1) is 12.1 Å². The highest BCUT2D eigenvalue weighted by molar-refractivity contribution is 5.91. The minimum atomic E-state index is -0.673. The number of hydrogen-bond acceptors (Lipinski definition) is 5. The van der Waals surface area contributed by atoms with Gasteiger partial charge in [-0.15, -0.1) is 0 Å². The summed E-state index contributed by atoms with van der Waals surface area (Å²) in [6.07, 6.45) is 1.75. The highest BCUT2D eigenvalue weighted by atomic mass is 16.5. The van der Waals surface area contributed by atoms with Gasteiger partial charge in [0.25, 0.3) is 0 Å². The average molecular weight is 300 g/mol. The average Bonchev–Trinajstić information content (AvgIpc) is 2.31. The zero-order valence-electron chi connectivity index (χ0n) is 13.1. The number of ether oxygens (including phenoxy) is 2. The van der Waals surface area contributed by atoms with Gasteiger partial charge in [0.2, 0.25) is 0 Å². The van der Waals surface area contributed by atoms with Crippen LogP contribution in [0.5, 0.6) is 0 Å². The molecular formula is C14H24N2O5. The van der Waals surface area contributed by atoms with Crippen LogP contribution in [0.2, 0.25) is 0 Å². The van der Waals surface area contributed by atoms with E-state index in [4.69, 9.17) is 9.47 Å². The summed E-state index contributed by atoms with van der Waals surface area (Å²) >= 11 is 0. The first kappa shape index (κ1) is 18.9. The Morgan fingerprint density at radius 1 is 0.952 bits per heavy atom. The fourth-order valence-electron chi connectivity index (χ4n) is 1.23. The van der Waals surface area contributed by atoms with Gasteiger partial charge in [-0.2, -0.15) is 0 Å². The van der Waals surface area contributed by atoms with E-state index in [0.29, 0.717) is 0 Å². The van der Waals surface area contributed by atoms with Crippen molar-refractivity contribution < 1.29 is 23.9 Å². The fourth-order valence-corrected chi connectivity index (χ4v) is 1.23. The van der Waals surface area contributed by atoms with Crippen molar-refractivity contribution in [2.24, 2.45) is 0 Å². The summed E-state index contributed by atoms with van der Waals surface area (Å²) < 4.78 is 9.71. The number of esters is 2. The van der Waals surface area contributed by atoms with Crippen molar-refractivity contribution in [1.29, 1.82) is 0 Å². The lowest BCUT2D eigenvalue weighted by Gasteiger charge is -2.15. The molecule has 0 aliphatic heterocycles. The molecule has 2 amide bonds. The third kappa shape index (κ3) is 11.5. The normalized spacial score (nSPS) is 12.3. The summed E-state index contributed by atoms with van der Waals surface area (Å²) in [4.78, 5) is 33.9. The molecule has 0 fully saturated rings. The first-order chi connectivity index (χ1) is 9.70. The van der Waals surface area contributed by atoms with Gasteiger partial charge in [0, 0.05) is 18.2 Å². The van der Waals surface area contributed by atoms with E-state index in [1.165, 1.54) is 0 Å². The largest absolute Gasteiger partial charge is 0.460 e. The summed E-state index contributed by atoms with van der Waals surface area (Å²) in [6, 6.07) is -0.650. The number of carbonyl (C=O) groups excluding carboxylic acids is 3. The number of carbonyl (C=O) groups is 3. The second-order valence-electron chi connectivity index (χ2n) is 5.12. The maximum atomic E-state index is 11.4. The molecule has 0 spiro atoms. The van der Waals surface area contributed by atoms with Crippen LogP contribution < -0.4 is 10.6 Å². The van der Waals surface area contributed by atoms with Gasteiger partial charge in [0.15, 0.2) is 0 Å². The second kappa shape index (κ2) is 9.79. The van der Waals surface area contributed by atoms with E-state index in [0.717, 1.165) is 12.2 Å². The molecule has 21 heavy (non-hydrogen) atoms. The molecule has 0 saturated heterocycles. The molecule has 0 bridgehead atoms. The van der Waals surface area contributed by atoms with Crippen molar-refractivity contribution in [3.63, 3.8) is 0 Å². The summed E-state index contributed by atoms with van der Waals surface area (Å²) in [5.74, 6) is -1.28. The van der Waals surface area contributed by atoms with E-state index in [1.54, 1.807) is 20.8 Å². The predicted molar refractivity (Wildman–Crippen MR) is 77.6 cm³/mol. The summed E-state index contributed by atoms with van der Waals surface area (Å²) in [6.45, 7) is 8.80. The van der Waals surface area contributed by atoms with E-state index in [1.807, 2.05) is 13.8 Å². The highest BCUT2D eigenvalue weighted by Crippen LogP contribution is 1.92. The molecule has 0 aliphatic carbocycles. The van der Waals surface area contributed by atoms with Crippen LogP contribution in [-0.2, 0) is 19.1 Å². The van der Waals surface area contributed by atoms with Crippen LogP contribution in [0, 0.1) is 0 Å². The van der Waals surface area contributed by atoms with Crippen LogP contribution in [-0.4, -0.2) is 42.8 Å².